The van der Waals surface area contributed by atoms with Gasteiger partial charge in [0.2, 0.25) is 5.91 Å². The van der Waals surface area contributed by atoms with Gasteiger partial charge in [-0.2, -0.15) is 0 Å². The van der Waals surface area contributed by atoms with Gasteiger partial charge < -0.3 is 10.4 Å². The van der Waals surface area contributed by atoms with Crippen LogP contribution in [0.5, 0.6) is 0 Å². The average Bonchev–Trinajstić information content (AvgIpc) is 2.87. The highest BCUT2D eigenvalue weighted by molar-refractivity contribution is 5.75. The number of aliphatic hydroxyl groups is 1. The summed E-state index contributed by atoms with van der Waals surface area (Å²) in [6.45, 7) is 0.734. The second-order valence-corrected chi connectivity index (χ2v) is 4.16. The monoisotopic (exact) mass is 224 g/mol. The molecule has 88 valence electrons. The number of amides is 1. The molecule has 1 aromatic rings. The van der Waals surface area contributed by atoms with Crippen LogP contribution in [-0.4, -0.2) is 38.7 Å². The van der Waals surface area contributed by atoms with Gasteiger partial charge in [0.05, 0.1) is 12.3 Å². The molecule has 2 atom stereocenters. The second-order valence-electron chi connectivity index (χ2n) is 4.16. The van der Waals surface area contributed by atoms with Crippen LogP contribution in [0.15, 0.2) is 12.4 Å². The first-order valence-electron chi connectivity index (χ1n) is 5.54. The topological polar surface area (TPSA) is 80.0 Å². The zero-order valence-corrected chi connectivity index (χ0v) is 9.04. The molecule has 6 heteroatoms. The smallest absolute Gasteiger partial charge is 0.241 e. The summed E-state index contributed by atoms with van der Waals surface area (Å²) in [6, 6.07) is 0. The minimum Gasteiger partial charge on any atom is -0.393 e. The van der Waals surface area contributed by atoms with Crippen molar-refractivity contribution in [3.05, 3.63) is 12.4 Å². The number of aromatic nitrogens is 3. The summed E-state index contributed by atoms with van der Waals surface area (Å²) in [4.78, 5) is 11.5. The lowest BCUT2D eigenvalue weighted by atomic mass is 10.1. The standard InChI is InChI=1S/C10H16N4O2/c15-9-3-1-2-8(9)6-11-10(16)7-14-5-4-12-13-14/h4-5,8-9,15H,1-3,6-7H2,(H,11,16). The molecule has 0 aliphatic heterocycles. The number of nitrogens with one attached hydrogen (secondary N) is 1. The first-order valence-corrected chi connectivity index (χ1v) is 5.54. The fraction of sp³-hybridized carbons (Fsp3) is 0.700. The van der Waals surface area contributed by atoms with Crippen LogP contribution in [0.25, 0.3) is 0 Å². The van der Waals surface area contributed by atoms with Crippen molar-refractivity contribution in [2.45, 2.75) is 31.9 Å². The van der Waals surface area contributed by atoms with Crippen LogP contribution in [0.4, 0.5) is 0 Å². The van der Waals surface area contributed by atoms with Crippen molar-refractivity contribution < 1.29 is 9.90 Å². The maximum absolute atomic E-state index is 11.5. The van der Waals surface area contributed by atoms with Crippen LogP contribution in [-0.2, 0) is 11.3 Å². The van der Waals surface area contributed by atoms with Gasteiger partial charge in [0.15, 0.2) is 0 Å². The maximum atomic E-state index is 11.5. The molecule has 0 aromatic carbocycles. The summed E-state index contributed by atoms with van der Waals surface area (Å²) >= 11 is 0. The number of nitrogens with zero attached hydrogens (tertiary/aromatic N) is 3. The highest BCUT2D eigenvalue weighted by atomic mass is 16.3. The number of carbonyl (C=O) groups excluding carboxylic acids is 1. The van der Waals surface area contributed by atoms with Crippen molar-refractivity contribution in [3.63, 3.8) is 0 Å². The number of rotatable bonds is 4. The Morgan fingerprint density at radius 3 is 3.06 bits per heavy atom. The summed E-state index contributed by atoms with van der Waals surface area (Å²) in [6.07, 6.45) is 5.81. The minimum absolute atomic E-state index is 0.0930. The van der Waals surface area contributed by atoms with E-state index in [0.717, 1.165) is 19.3 Å². The molecular weight excluding hydrogens is 208 g/mol. The van der Waals surface area contributed by atoms with Gasteiger partial charge in [-0.15, -0.1) is 5.10 Å². The summed E-state index contributed by atoms with van der Waals surface area (Å²) in [5.74, 6) is 0.115. The lowest BCUT2D eigenvalue weighted by Crippen LogP contribution is -2.34. The Hall–Kier alpha value is -1.43. The van der Waals surface area contributed by atoms with Crippen molar-refractivity contribution in [1.29, 1.82) is 0 Å². The van der Waals surface area contributed by atoms with Crippen LogP contribution >= 0.6 is 0 Å². The van der Waals surface area contributed by atoms with Gasteiger partial charge in [0, 0.05) is 18.7 Å². The van der Waals surface area contributed by atoms with Crippen molar-refractivity contribution in [1.82, 2.24) is 20.3 Å². The van der Waals surface area contributed by atoms with Crippen LogP contribution < -0.4 is 5.32 Å². The number of hydrogen-bond donors (Lipinski definition) is 2. The van der Waals surface area contributed by atoms with Gasteiger partial charge in [0.25, 0.3) is 0 Å². The van der Waals surface area contributed by atoms with Crippen molar-refractivity contribution in [3.8, 4) is 0 Å². The molecule has 2 rings (SSSR count). The molecule has 1 aliphatic rings. The molecular formula is C10H16N4O2. The molecule has 1 saturated carbocycles. The third kappa shape index (κ3) is 2.79. The van der Waals surface area contributed by atoms with E-state index in [4.69, 9.17) is 0 Å². The Balaban J connectivity index is 1.71. The van der Waals surface area contributed by atoms with Gasteiger partial charge in [-0.3, -0.25) is 4.79 Å². The fourth-order valence-electron chi connectivity index (χ4n) is 2.02. The molecule has 16 heavy (non-hydrogen) atoms. The second kappa shape index (κ2) is 5.07. The molecule has 2 unspecified atom stereocenters. The van der Waals surface area contributed by atoms with Crippen molar-refractivity contribution in [2.75, 3.05) is 6.54 Å². The summed E-state index contributed by atoms with van der Waals surface area (Å²) < 4.78 is 1.47. The zero-order chi connectivity index (χ0) is 11.4. The van der Waals surface area contributed by atoms with E-state index in [1.807, 2.05) is 0 Å². The highest BCUT2D eigenvalue weighted by Crippen LogP contribution is 2.24. The van der Waals surface area contributed by atoms with Crippen LogP contribution in [0.1, 0.15) is 19.3 Å². The quantitative estimate of drug-likeness (QED) is 0.726. The van der Waals surface area contributed by atoms with E-state index >= 15 is 0 Å². The Kier molecular flexibility index (Phi) is 3.51. The maximum Gasteiger partial charge on any atom is 0.241 e. The van der Waals surface area contributed by atoms with Crippen LogP contribution in [0, 0.1) is 5.92 Å². The molecule has 1 aliphatic carbocycles. The summed E-state index contributed by atoms with van der Waals surface area (Å²) in [7, 11) is 0. The largest absolute Gasteiger partial charge is 0.393 e. The minimum atomic E-state index is -0.258. The molecule has 1 amide bonds. The van der Waals surface area contributed by atoms with Crippen LogP contribution in [0.2, 0.25) is 0 Å². The number of carbonyl (C=O) groups is 1. The lowest BCUT2D eigenvalue weighted by molar-refractivity contribution is -0.122. The fourth-order valence-corrected chi connectivity index (χ4v) is 2.02. The lowest BCUT2D eigenvalue weighted by Gasteiger charge is -2.14. The van der Waals surface area contributed by atoms with Gasteiger partial charge in [-0.05, 0) is 12.8 Å². The molecule has 1 aromatic heterocycles. The average molecular weight is 224 g/mol. The molecule has 0 spiro atoms. The zero-order valence-electron chi connectivity index (χ0n) is 9.04. The highest BCUT2D eigenvalue weighted by Gasteiger charge is 2.25. The van der Waals surface area contributed by atoms with Gasteiger partial charge in [-0.1, -0.05) is 11.6 Å². The molecule has 1 heterocycles. The Bertz CT molecular complexity index is 339. The first-order chi connectivity index (χ1) is 7.75. The molecule has 0 bridgehead atoms. The Morgan fingerprint density at radius 1 is 1.56 bits per heavy atom. The van der Waals surface area contributed by atoms with E-state index in [2.05, 4.69) is 15.6 Å². The van der Waals surface area contributed by atoms with Gasteiger partial charge >= 0.3 is 0 Å². The first kappa shape index (κ1) is 11.1. The van der Waals surface area contributed by atoms with Crippen LogP contribution in [0.3, 0.4) is 0 Å². The normalized spacial score (nSPS) is 24.6. The van der Waals surface area contributed by atoms with E-state index in [1.165, 1.54) is 10.9 Å². The van der Waals surface area contributed by atoms with Crippen molar-refractivity contribution >= 4 is 5.91 Å². The molecule has 0 radical (unpaired) electrons. The van der Waals surface area contributed by atoms with Crippen molar-refractivity contribution in [2.24, 2.45) is 5.92 Å². The molecule has 1 fully saturated rings. The van der Waals surface area contributed by atoms with Gasteiger partial charge in [0.1, 0.15) is 6.54 Å². The van der Waals surface area contributed by atoms with Gasteiger partial charge in [-0.25, -0.2) is 4.68 Å². The Labute approximate surface area is 93.6 Å². The van der Waals surface area contributed by atoms with E-state index in [1.54, 1.807) is 6.20 Å². The number of aliphatic hydroxyl groups excluding tert-OH is 1. The third-order valence-corrected chi connectivity index (χ3v) is 2.96. The predicted octanol–water partition coefficient (Wildman–Crippen LogP) is -0.445. The molecule has 0 saturated heterocycles. The van der Waals surface area contributed by atoms with E-state index in [9.17, 15) is 9.90 Å². The Morgan fingerprint density at radius 2 is 2.44 bits per heavy atom. The van der Waals surface area contributed by atoms with E-state index in [-0.39, 0.29) is 24.5 Å². The SMILES string of the molecule is O=C(Cn1ccnn1)NCC1CCCC1O. The molecule has 2 N–H and O–H groups in total. The van der Waals surface area contributed by atoms with E-state index < -0.39 is 0 Å². The third-order valence-electron chi connectivity index (χ3n) is 2.96. The summed E-state index contributed by atoms with van der Waals surface area (Å²) in [5.41, 5.74) is 0. The van der Waals surface area contributed by atoms with E-state index in [0.29, 0.717) is 6.54 Å². The predicted molar refractivity (Wildman–Crippen MR) is 56.4 cm³/mol. The molecule has 6 nitrogen and oxygen atoms in total. The summed E-state index contributed by atoms with van der Waals surface area (Å²) in [5, 5.41) is 19.7. The number of hydrogen-bond acceptors (Lipinski definition) is 4.